The maximum atomic E-state index is 10.0. The Kier molecular flexibility index (Phi) is 3.28. The monoisotopic (exact) mass is 284 g/mol. The number of hydrogen-bond acceptors (Lipinski definition) is 3. The second-order valence-corrected chi connectivity index (χ2v) is 5.05. The van der Waals surface area contributed by atoms with E-state index in [1.54, 1.807) is 12.2 Å². The molecule has 0 aliphatic heterocycles. The first kappa shape index (κ1) is 12.9. The fraction of sp³-hybridized carbons (Fsp3) is 0.125. The van der Waals surface area contributed by atoms with Crippen molar-refractivity contribution in [3.05, 3.63) is 64.8 Å². The predicted octanol–water partition coefficient (Wildman–Crippen LogP) is 4.38. The van der Waals surface area contributed by atoms with Gasteiger partial charge in [-0.3, -0.25) is 0 Å². The molecule has 1 heterocycles. The minimum atomic E-state index is 0.179. The molecule has 100 valence electrons. The molecule has 4 heteroatoms. The third-order valence-corrected chi connectivity index (χ3v) is 3.46. The SMILES string of the molecule is Cc1ccc2c(Cl)nc(C3=CC=CCC=C3O)nc2c1. The van der Waals surface area contributed by atoms with Crippen LogP contribution < -0.4 is 0 Å². The fourth-order valence-electron chi connectivity index (χ4n) is 2.13. The maximum Gasteiger partial charge on any atom is 0.165 e. The lowest BCUT2D eigenvalue weighted by Gasteiger charge is -2.07. The number of aromatic nitrogens is 2. The molecule has 0 fully saturated rings. The van der Waals surface area contributed by atoms with Gasteiger partial charge in [0.25, 0.3) is 0 Å². The summed E-state index contributed by atoms with van der Waals surface area (Å²) in [5.41, 5.74) is 2.47. The number of rotatable bonds is 1. The minimum Gasteiger partial charge on any atom is -0.508 e. The van der Waals surface area contributed by atoms with Crippen molar-refractivity contribution in [3.8, 4) is 0 Å². The largest absolute Gasteiger partial charge is 0.508 e. The molecule has 0 saturated heterocycles. The van der Waals surface area contributed by atoms with Crippen LogP contribution in [0.1, 0.15) is 17.8 Å². The lowest BCUT2D eigenvalue weighted by molar-refractivity contribution is 0.435. The molecule has 3 nitrogen and oxygen atoms in total. The summed E-state index contributed by atoms with van der Waals surface area (Å²) >= 11 is 6.22. The summed E-state index contributed by atoms with van der Waals surface area (Å²) in [6.45, 7) is 2.00. The number of nitrogens with zero attached hydrogens (tertiary/aromatic N) is 2. The van der Waals surface area contributed by atoms with Crippen LogP contribution in [0.3, 0.4) is 0 Å². The summed E-state index contributed by atoms with van der Waals surface area (Å²) in [6.07, 6.45) is 8.05. The topological polar surface area (TPSA) is 46.0 Å². The summed E-state index contributed by atoms with van der Waals surface area (Å²) in [5, 5.41) is 11.3. The fourth-order valence-corrected chi connectivity index (χ4v) is 2.37. The first-order chi connectivity index (χ1) is 9.65. The van der Waals surface area contributed by atoms with Crippen molar-refractivity contribution in [2.24, 2.45) is 0 Å². The molecule has 0 atom stereocenters. The van der Waals surface area contributed by atoms with E-state index < -0.39 is 0 Å². The Balaban J connectivity index is 2.22. The van der Waals surface area contributed by atoms with Gasteiger partial charge in [-0.15, -0.1) is 0 Å². The van der Waals surface area contributed by atoms with Gasteiger partial charge in [-0.05, 0) is 43.2 Å². The van der Waals surface area contributed by atoms with Crippen LogP contribution in [-0.4, -0.2) is 15.1 Å². The van der Waals surface area contributed by atoms with Crippen molar-refractivity contribution in [1.29, 1.82) is 0 Å². The molecule has 20 heavy (non-hydrogen) atoms. The average molecular weight is 285 g/mol. The highest BCUT2D eigenvalue weighted by molar-refractivity contribution is 6.34. The zero-order chi connectivity index (χ0) is 14.1. The summed E-state index contributed by atoms with van der Waals surface area (Å²) < 4.78 is 0. The first-order valence-corrected chi connectivity index (χ1v) is 6.73. The van der Waals surface area contributed by atoms with Gasteiger partial charge in [0.05, 0.1) is 11.1 Å². The predicted molar refractivity (Wildman–Crippen MR) is 81.7 cm³/mol. The van der Waals surface area contributed by atoms with Gasteiger partial charge >= 0.3 is 0 Å². The van der Waals surface area contributed by atoms with E-state index in [0.717, 1.165) is 16.5 Å². The van der Waals surface area contributed by atoms with Crippen molar-refractivity contribution in [3.63, 3.8) is 0 Å². The van der Waals surface area contributed by atoms with E-state index in [-0.39, 0.29) is 5.76 Å². The van der Waals surface area contributed by atoms with Crippen molar-refractivity contribution in [2.75, 3.05) is 0 Å². The minimum absolute atomic E-state index is 0.179. The standard InChI is InChI=1S/C16H13ClN2O/c1-10-7-8-11-13(9-10)18-16(19-15(11)17)12-5-3-2-4-6-14(12)20/h2-3,5-9,20H,4H2,1H3. The molecule has 0 saturated carbocycles. The Labute approximate surface area is 121 Å². The van der Waals surface area contributed by atoms with Crippen molar-refractivity contribution < 1.29 is 5.11 Å². The summed E-state index contributed by atoms with van der Waals surface area (Å²) in [4.78, 5) is 8.81. The second kappa shape index (κ2) is 5.10. The molecule has 2 aromatic rings. The van der Waals surface area contributed by atoms with Crippen LogP contribution in [0.4, 0.5) is 0 Å². The number of fused-ring (bicyclic) bond motifs is 1. The third-order valence-electron chi connectivity index (χ3n) is 3.17. The van der Waals surface area contributed by atoms with Gasteiger partial charge < -0.3 is 5.11 Å². The highest BCUT2D eigenvalue weighted by Gasteiger charge is 2.13. The molecule has 1 aliphatic rings. The normalized spacial score (nSPS) is 14.9. The van der Waals surface area contributed by atoms with Gasteiger partial charge in [-0.25, -0.2) is 9.97 Å². The molecule has 0 bridgehead atoms. The van der Waals surface area contributed by atoms with Crippen LogP contribution in [0.5, 0.6) is 0 Å². The van der Waals surface area contributed by atoms with Gasteiger partial charge in [0.1, 0.15) is 10.9 Å². The number of aliphatic hydroxyl groups is 1. The molecule has 1 N–H and O–H groups in total. The van der Waals surface area contributed by atoms with Gasteiger partial charge in [0, 0.05) is 5.39 Å². The number of allylic oxidation sites excluding steroid dienone is 5. The summed E-state index contributed by atoms with van der Waals surface area (Å²) in [6, 6.07) is 5.84. The number of benzene rings is 1. The molecular weight excluding hydrogens is 272 g/mol. The first-order valence-electron chi connectivity index (χ1n) is 6.36. The Morgan fingerprint density at radius 2 is 2.10 bits per heavy atom. The molecule has 0 unspecified atom stereocenters. The van der Waals surface area contributed by atoms with E-state index in [0.29, 0.717) is 23.0 Å². The van der Waals surface area contributed by atoms with Crippen LogP contribution in [-0.2, 0) is 0 Å². The molecule has 0 amide bonds. The lowest BCUT2D eigenvalue weighted by Crippen LogP contribution is -1.98. The van der Waals surface area contributed by atoms with Crippen molar-refractivity contribution in [2.45, 2.75) is 13.3 Å². The van der Waals surface area contributed by atoms with Crippen molar-refractivity contribution in [1.82, 2.24) is 9.97 Å². The maximum absolute atomic E-state index is 10.0. The van der Waals surface area contributed by atoms with E-state index in [4.69, 9.17) is 11.6 Å². The zero-order valence-electron chi connectivity index (χ0n) is 11.0. The molecule has 1 aromatic carbocycles. The van der Waals surface area contributed by atoms with Gasteiger partial charge in [-0.1, -0.05) is 29.8 Å². The van der Waals surface area contributed by atoms with E-state index in [2.05, 4.69) is 9.97 Å². The highest BCUT2D eigenvalue weighted by Crippen LogP contribution is 2.27. The summed E-state index contributed by atoms with van der Waals surface area (Å²) in [5.74, 6) is 0.617. The molecule has 1 aromatic heterocycles. The molecule has 1 aliphatic carbocycles. The molecular formula is C16H13ClN2O. The van der Waals surface area contributed by atoms with E-state index in [9.17, 15) is 5.11 Å². The Morgan fingerprint density at radius 3 is 2.95 bits per heavy atom. The number of aliphatic hydroxyl groups excluding tert-OH is 1. The molecule has 0 spiro atoms. The molecule has 3 rings (SSSR count). The quantitative estimate of drug-likeness (QED) is 0.791. The van der Waals surface area contributed by atoms with Gasteiger partial charge in [0.2, 0.25) is 0 Å². The van der Waals surface area contributed by atoms with Crippen LogP contribution >= 0.6 is 11.6 Å². The Bertz CT molecular complexity index is 775. The van der Waals surface area contributed by atoms with Crippen LogP contribution in [0, 0.1) is 6.92 Å². The zero-order valence-corrected chi connectivity index (χ0v) is 11.7. The molecule has 0 radical (unpaired) electrons. The Hall–Kier alpha value is -2.13. The van der Waals surface area contributed by atoms with Crippen LogP contribution in [0.15, 0.2) is 48.3 Å². The van der Waals surface area contributed by atoms with Gasteiger partial charge in [0.15, 0.2) is 5.82 Å². The van der Waals surface area contributed by atoms with Gasteiger partial charge in [-0.2, -0.15) is 0 Å². The average Bonchev–Trinajstić information content (AvgIpc) is 2.62. The number of halogens is 1. The third kappa shape index (κ3) is 2.32. The number of hydrogen-bond donors (Lipinski definition) is 1. The van der Waals surface area contributed by atoms with Crippen LogP contribution in [0.2, 0.25) is 5.15 Å². The second-order valence-electron chi connectivity index (χ2n) is 4.69. The summed E-state index contributed by atoms with van der Waals surface area (Å²) in [7, 11) is 0. The lowest BCUT2D eigenvalue weighted by atomic mass is 10.1. The smallest absolute Gasteiger partial charge is 0.165 e. The van der Waals surface area contributed by atoms with E-state index in [1.165, 1.54) is 0 Å². The highest BCUT2D eigenvalue weighted by atomic mass is 35.5. The van der Waals surface area contributed by atoms with E-state index in [1.807, 2.05) is 37.3 Å². The Morgan fingerprint density at radius 1 is 1.25 bits per heavy atom. The number of aryl methyl sites for hydroxylation is 1. The van der Waals surface area contributed by atoms with Crippen molar-refractivity contribution >= 4 is 28.1 Å². The van der Waals surface area contributed by atoms with E-state index >= 15 is 0 Å². The van der Waals surface area contributed by atoms with Crippen LogP contribution in [0.25, 0.3) is 16.5 Å².